The third-order valence-corrected chi connectivity index (χ3v) is 2.94. The van der Waals surface area contributed by atoms with Crippen molar-refractivity contribution in [2.24, 2.45) is 0 Å². The maximum atomic E-state index is 12.1. The highest BCUT2D eigenvalue weighted by atomic mass is 16.1. The molecule has 82 valence electrons. The van der Waals surface area contributed by atoms with Gasteiger partial charge < -0.3 is 5.32 Å². The largest absolute Gasteiger partial charge is 0.311 e. The molecule has 0 spiro atoms. The van der Waals surface area contributed by atoms with Crippen LogP contribution in [0.4, 0.5) is 0 Å². The molecule has 16 heavy (non-hydrogen) atoms. The van der Waals surface area contributed by atoms with Gasteiger partial charge in [0.25, 0.3) is 5.56 Å². The van der Waals surface area contributed by atoms with Crippen molar-refractivity contribution in [1.29, 1.82) is 0 Å². The first kappa shape index (κ1) is 9.42. The lowest BCUT2D eigenvalue weighted by Crippen LogP contribution is -2.26. The summed E-state index contributed by atoms with van der Waals surface area (Å²) in [5.74, 6) is 0. The molecule has 1 aromatic heterocycles. The maximum absolute atomic E-state index is 12.1. The van der Waals surface area contributed by atoms with Gasteiger partial charge in [-0.1, -0.05) is 18.2 Å². The Morgan fingerprint density at radius 2 is 2.00 bits per heavy atom. The van der Waals surface area contributed by atoms with E-state index in [0.29, 0.717) is 0 Å². The van der Waals surface area contributed by atoms with Crippen molar-refractivity contribution in [3.63, 3.8) is 0 Å². The molecular weight excluding hydrogens is 202 g/mol. The first-order valence-corrected chi connectivity index (χ1v) is 5.45. The van der Waals surface area contributed by atoms with Crippen molar-refractivity contribution in [1.82, 2.24) is 15.1 Å². The van der Waals surface area contributed by atoms with Crippen molar-refractivity contribution < 1.29 is 0 Å². The smallest absolute Gasteiger partial charge is 0.274 e. The quantitative estimate of drug-likeness (QED) is 0.739. The Kier molecular flexibility index (Phi) is 2.15. The third kappa shape index (κ3) is 1.39. The van der Waals surface area contributed by atoms with Gasteiger partial charge in [0.1, 0.15) is 0 Å². The monoisotopic (exact) mass is 215 g/mol. The van der Waals surface area contributed by atoms with Crippen LogP contribution in [0.1, 0.15) is 11.3 Å². The maximum Gasteiger partial charge on any atom is 0.274 e. The van der Waals surface area contributed by atoms with Crippen LogP contribution in [0.15, 0.2) is 35.1 Å². The van der Waals surface area contributed by atoms with E-state index in [2.05, 4.69) is 10.4 Å². The van der Waals surface area contributed by atoms with E-state index in [1.165, 1.54) is 0 Å². The standard InChI is InChI=1S/C12H13N3O/c16-12-10-6-7-13-8-11(10)14-15(12)9-4-2-1-3-5-9/h1-5,13-14H,6-8H2. The number of H-pyrrole nitrogens is 1. The minimum absolute atomic E-state index is 0.0858. The number of rotatable bonds is 1. The van der Waals surface area contributed by atoms with E-state index >= 15 is 0 Å². The summed E-state index contributed by atoms with van der Waals surface area (Å²) in [7, 11) is 0. The average Bonchev–Trinajstić information content (AvgIpc) is 2.69. The number of hydrogen-bond acceptors (Lipinski definition) is 2. The topological polar surface area (TPSA) is 49.8 Å². The molecule has 2 aromatic rings. The highest BCUT2D eigenvalue weighted by molar-refractivity contribution is 5.33. The van der Waals surface area contributed by atoms with E-state index in [1.54, 1.807) is 4.68 Å². The van der Waals surface area contributed by atoms with Gasteiger partial charge in [-0.2, -0.15) is 0 Å². The number of hydrogen-bond donors (Lipinski definition) is 2. The number of nitrogens with zero attached hydrogens (tertiary/aromatic N) is 1. The summed E-state index contributed by atoms with van der Waals surface area (Å²) < 4.78 is 1.62. The van der Waals surface area contributed by atoms with E-state index in [-0.39, 0.29) is 5.56 Å². The fourth-order valence-corrected chi connectivity index (χ4v) is 2.11. The molecule has 2 N–H and O–H groups in total. The molecule has 1 aromatic carbocycles. The van der Waals surface area contributed by atoms with Crippen LogP contribution in [0, 0.1) is 0 Å². The van der Waals surface area contributed by atoms with E-state index < -0.39 is 0 Å². The first-order valence-electron chi connectivity index (χ1n) is 5.45. The molecule has 0 atom stereocenters. The lowest BCUT2D eigenvalue weighted by Gasteiger charge is -2.09. The van der Waals surface area contributed by atoms with Gasteiger partial charge >= 0.3 is 0 Å². The fourth-order valence-electron chi connectivity index (χ4n) is 2.11. The Hall–Kier alpha value is -1.81. The number of fused-ring (bicyclic) bond motifs is 1. The van der Waals surface area contributed by atoms with Gasteiger partial charge in [-0.05, 0) is 25.1 Å². The van der Waals surface area contributed by atoms with Gasteiger partial charge in [-0.25, -0.2) is 4.68 Å². The zero-order chi connectivity index (χ0) is 11.0. The summed E-state index contributed by atoms with van der Waals surface area (Å²) in [6.45, 7) is 1.64. The van der Waals surface area contributed by atoms with Crippen LogP contribution in [0.5, 0.6) is 0 Å². The molecule has 4 nitrogen and oxygen atoms in total. The fraction of sp³-hybridized carbons (Fsp3) is 0.250. The second kappa shape index (κ2) is 3.64. The van der Waals surface area contributed by atoms with Crippen molar-refractivity contribution in [3.05, 3.63) is 51.9 Å². The molecule has 3 rings (SSSR count). The third-order valence-electron chi connectivity index (χ3n) is 2.94. The molecule has 0 amide bonds. The highest BCUT2D eigenvalue weighted by Crippen LogP contribution is 2.10. The highest BCUT2D eigenvalue weighted by Gasteiger charge is 2.17. The molecule has 0 saturated heterocycles. The number of nitrogens with one attached hydrogen (secondary N) is 2. The zero-order valence-electron chi connectivity index (χ0n) is 8.86. The van der Waals surface area contributed by atoms with Gasteiger partial charge in [0.2, 0.25) is 0 Å². The second-order valence-corrected chi connectivity index (χ2v) is 3.97. The van der Waals surface area contributed by atoms with E-state index in [1.807, 2.05) is 30.3 Å². The summed E-state index contributed by atoms with van der Waals surface area (Å²) in [5, 5.41) is 6.41. The van der Waals surface area contributed by atoms with Crippen LogP contribution in [0.3, 0.4) is 0 Å². The van der Waals surface area contributed by atoms with Crippen LogP contribution in [0.2, 0.25) is 0 Å². The minimum atomic E-state index is 0.0858. The van der Waals surface area contributed by atoms with Crippen LogP contribution in [-0.2, 0) is 13.0 Å². The van der Waals surface area contributed by atoms with E-state index in [9.17, 15) is 4.79 Å². The van der Waals surface area contributed by atoms with Crippen LogP contribution >= 0.6 is 0 Å². The van der Waals surface area contributed by atoms with Crippen molar-refractivity contribution in [3.8, 4) is 5.69 Å². The predicted molar refractivity (Wildman–Crippen MR) is 61.8 cm³/mol. The van der Waals surface area contributed by atoms with Crippen molar-refractivity contribution in [2.75, 3.05) is 6.54 Å². The number of benzene rings is 1. The minimum Gasteiger partial charge on any atom is -0.311 e. The molecule has 4 heteroatoms. The van der Waals surface area contributed by atoms with Gasteiger partial charge in [0.05, 0.1) is 11.4 Å². The molecule has 0 radical (unpaired) electrons. The average molecular weight is 215 g/mol. The Labute approximate surface area is 92.9 Å². The Morgan fingerprint density at radius 3 is 2.75 bits per heavy atom. The van der Waals surface area contributed by atoms with Crippen LogP contribution < -0.4 is 10.9 Å². The molecule has 1 aliphatic rings. The van der Waals surface area contributed by atoms with Gasteiger partial charge in [-0.15, -0.1) is 0 Å². The summed E-state index contributed by atoms with van der Waals surface area (Å²) in [6, 6.07) is 9.66. The summed E-state index contributed by atoms with van der Waals surface area (Å²) >= 11 is 0. The zero-order valence-corrected chi connectivity index (χ0v) is 8.86. The molecule has 0 unspecified atom stereocenters. The number of aromatic amines is 1. The molecule has 0 saturated carbocycles. The van der Waals surface area contributed by atoms with Crippen molar-refractivity contribution >= 4 is 0 Å². The van der Waals surface area contributed by atoms with Crippen molar-refractivity contribution in [2.45, 2.75) is 13.0 Å². The van der Waals surface area contributed by atoms with E-state index in [0.717, 1.165) is 36.5 Å². The van der Waals surface area contributed by atoms with Gasteiger partial charge in [0.15, 0.2) is 0 Å². The molecule has 2 heterocycles. The molecular formula is C12H13N3O. The molecule has 1 aliphatic heterocycles. The predicted octanol–water partition coefficient (Wildman–Crippen LogP) is 0.811. The Balaban J connectivity index is 2.16. The number of aromatic nitrogens is 2. The van der Waals surface area contributed by atoms with E-state index in [4.69, 9.17) is 0 Å². The lowest BCUT2D eigenvalue weighted by molar-refractivity contribution is 0.629. The summed E-state index contributed by atoms with van der Waals surface area (Å²) in [6.07, 6.45) is 0.810. The second-order valence-electron chi connectivity index (χ2n) is 3.97. The SMILES string of the molecule is O=c1c2c([nH]n1-c1ccccc1)CNCC2. The normalized spacial score (nSPS) is 14.8. The molecule has 0 bridgehead atoms. The Bertz CT molecular complexity index is 553. The first-order chi connectivity index (χ1) is 7.86. The summed E-state index contributed by atoms with van der Waals surface area (Å²) in [4.78, 5) is 12.1. The van der Waals surface area contributed by atoms with Gasteiger partial charge in [0, 0.05) is 12.1 Å². The molecule has 0 fully saturated rings. The van der Waals surface area contributed by atoms with Gasteiger partial charge in [-0.3, -0.25) is 9.89 Å². The van der Waals surface area contributed by atoms with Crippen LogP contribution in [0.25, 0.3) is 5.69 Å². The lowest BCUT2D eigenvalue weighted by atomic mass is 10.1. The Morgan fingerprint density at radius 1 is 1.19 bits per heavy atom. The number of para-hydroxylation sites is 1. The summed E-state index contributed by atoms with van der Waals surface area (Å²) in [5.41, 5.74) is 2.91. The molecule has 0 aliphatic carbocycles. The van der Waals surface area contributed by atoms with Crippen LogP contribution in [-0.4, -0.2) is 16.3 Å².